The lowest BCUT2D eigenvalue weighted by Crippen LogP contribution is -2.45. The number of hydrogen-bond donors (Lipinski definition) is 1. The van der Waals surface area contributed by atoms with Gasteiger partial charge in [0, 0.05) is 31.2 Å². The summed E-state index contributed by atoms with van der Waals surface area (Å²) in [6.07, 6.45) is 6.12. The predicted octanol–water partition coefficient (Wildman–Crippen LogP) is 1.90. The molecule has 17 heavy (non-hydrogen) atoms. The molecule has 1 saturated carbocycles. The zero-order valence-corrected chi connectivity index (χ0v) is 11.3. The minimum absolute atomic E-state index is 0.148. The third kappa shape index (κ3) is 3.21. The normalized spacial score (nSPS) is 38.8. The van der Waals surface area contributed by atoms with Crippen LogP contribution in [0.4, 0.5) is 0 Å². The number of nitrogens with zero attached hydrogens (tertiary/aromatic N) is 1. The summed E-state index contributed by atoms with van der Waals surface area (Å²) >= 11 is 0. The Morgan fingerprint density at radius 2 is 2.24 bits per heavy atom. The van der Waals surface area contributed by atoms with E-state index < -0.39 is 0 Å². The number of aliphatic hydroxyl groups is 1. The van der Waals surface area contributed by atoms with E-state index in [1.54, 1.807) is 0 Å². The molecule has 1 aliphatic heterocycles. The zero-order valence-electron chi connectivity index (χ0n) is 11.3. The van der Waals surface area contributed by atoms with Gasteiger partial charge in [0.15, 0.2) is 0 Å². The van der Waals surface area contributed by atoms with Gasteiger partial charge < -0.3 is 14.7 Å². The summed E-state index contributed by atoms with van der Waals surface area (Å²) < 4.78 is 5.45. The molecule has 2 aliphatic rings. The summed E-state index contributed by atoms with van der Waals surface area (Å²) in [6.45, 7) is 5.46. The molecule has 3 atom stereocenters. The van der Waals surface area contributed by atoms with Crippen molar-refractivity contribution in [3.8, 4) is 0 Å². The van der Waals surface area contributed by atoms with Gasteiger partial charge in [0.05, 0.1) is 6.61 Å². The van der Waals surface area contributed by atoms with Gasteiger partial charge >= 0.3 is 0 Å². The quantitative estimate of drug-likeness (QED) is 0.816. The first-order valence-corrected chi connectivity index (χ1v) is 7.04. The molecule has 3 heteroatoms. The van der Waals surface area contributed by atoms with Gasteiger partial charge in [0.2, 0.25) is 0 Å². The average Bonchev–Trinajstić information content (AvgIpc) is 2.82. The SMILES string of the molecule is CC1CCCC(CO)(CN(C)C2CCOC2)C1. The smallest absolute Gasteiger partial charge is 0.0622 e. The fourth-order valence-corrected chi connectivity index (χ4v) is 3.63. The Balaban J connectivity index is 1.93. The lowest BCUT2D eigenvalue weighted by molar-refractivity contribution is 0.0181. The Labute approximate surface area is 105 Å². The fraction of sp³-hybridized carbons (Fsp3) is 1.00. The fourth-order valence-electron chi connectivity index (χ4n) is 3.63. The van der Waals surface area contributed by atoms with Crippen LogP contribution in [0.2, 0.25) is 0 Å². The maximum absolute atomic E-state index is 9.79. The second kappa shape index (κ2) is 5.68. The summed E-state index contributed by atoms with van der Waals surface area (Å²) in [5, 5.41) is 9.79. The monoisotopic (exact) mass is 241 g/mol. The van der Waals surface area contributed by atoms with Gasteiger partial charge in [-0.1, -0.05) is 19.8 Å². The second-order valence-corrected chi connectivity index (χ2v) is 6.29. The maximum atomic E-state index is 9.79. The Morgan fingerprint density at radius 3 is 2.82 bits per heavy atom. The number of likely N-dealkylation sites (N-methyl/N-ethyl adjacent to an activating group) is 1. The molecule has 3 nitrogen and oxygen atoms in total. The molecule has 0 aromatic carbocycles. The van der Waals surface area contributed by atoms with Crippen molar-refractivity contribution >= 4 is 0 Å². The Hall–Kier alpha value is -0.120. The van der Waals surface area contributed by atoms with Crippen molar-refractivity contribution in [2.75, 3.05) is 33.4 Å². The van der Waals surface area contributed by atoms with E-state index in [0.29, 0.717) is 12.6 Å². The van der Waals surface area contributed by atoms with E-state index in [4.69, 9.17) is 4.74 Å². The van der Waals surface area contributed by atoms with Gasteiger partial charge in [-0.15, -0.1) is 0 Å². The number of aliphatic hydroxyl groups excluding tert-OH is 1. The van der Waals surface area contributed by atoms with Crippen LogP contribution in [0.5, 0.6) is 0 Å². The standard InChI is InChI=1S/C14H27NO2/c1-12-4-3-6-14(8-12,11-16)10-15(2)13-5-7-17-9-13/h12-13,16H,3-11H2,1-2H3. The van der Waals surface area contributed by atoms with Gasteiger partial charge in [-0.05, 0) is 32.2 Å². The summed E-state index contributed by atoms with van der Waals surface area (Å²) in [6, 6.07) is 0.565. The topological polar surface area (TPSA) is 32.7 Å². The molecule has 1 heterocycles. The molecule has 0 aromatic heterocycles. The van der Waals surface area contributed by atoms with E-state index in [-0.39, 0.29) is 5.41 Å². The van der Waals surface area contributed by atoms with Crippen LogP contribution >= 0.6 is 0 Å². The largest absolute Gasteiger partial charge is 0.396 e. The highest BCUT2D eigenvalue weighted by Gasteiger charge is 2.37. The highest BCUT2D eigenvalue weighted by molar-refractivity contribution is 4.89. The average molecular weight is 241 g/mol. The van der Waals surface area contributed by atoms with E-state index >= 15 is 0 Å². The minimum atomic E-state index is 0.148. The van der Waals surface area contributed by atoms with Crippen LogP contribution in [0.25, 0.3) is 0 Å². The van der Waals surface area contributed by atoms with Crippen molar-refractivity contribution in [3.05, 3.63) is 0 Å². The van der Waals surface area contributed by atoms with Gasteiger partial charge in [0.1, 0.15) is 0 Å². The first-order valence-electron chi connectivity index (χ1n) is 7.04. The second-order valence-electron chi connectivity index (χ2n) is 6.29. The van der Waals surface area contributed by atoms with E-state index in [2.05, 4.69) is 18.9 Å². The van der Waals surface area contributed by atoms with E-state index in [0.717, 1.165) is 32.1 Å². The summed E-state index contributed by atoms with van der Waals surface area (Å²) in [5.41, 5.74) is 0.148. The predicted molar refractivity (Wildman–Crippen MR) is 69.0 cm³/mol. The Morgan fingerprint density at radius 1 is 1.41 bits per heavy atom. The molecule has 1 N–H and O–H groups in total. The highest BCUT2D eigenvalue weighted by atomic mass is 16.5. The molecule has 0 radical (unpaired) electrons. The van der Waals surface area contributed by atoms with Crippen LogP contribution in [0.1, 0.15) is 39.0 Å². The van der Waals surface area contributed by atoms with E-state index in [1.807, 2.05) is 0 Å². The van der Waals surface area contributed by atoms with Gasteiger partial charge in [-0.25, -0.2) is 0 Å². The van der Waals surface area contributed by atoms with Gasteiger partial charge in [0.25, 0.3) is 0 Å². The maximum Gasteiger partial charge on any atom is 0.0622 e. The molecule has 0 amide bonds. The lowest BCUT2D eigenvalue weighted by Gasteiger charge is -2.42. The lowest BCUT2D eigenvalue weighted by atomic mass is 9.70. The van der Waals surface area contributed by atoms with Crippen LogP contribution in [-0.2, 0) is 4.74 Å². The molecule has 3 unspecified atom stereocenters. The van der Waals surface area contributed by atoms with Crippen LogP contribution in [0, 0.1) is 11.3 Å². The van der Waals surface area contributed by atoms with E-state index in [1.165, 1.54) is 25.7 Å². The molecular weight excluding hydrogens is 214 g/mol. The van der Waals surface area contributed by atoms with Crippen molar-refractivity contribution in [3.63, 3.8) is 0 Å². The summed E-state index contributed by atoms with van der Waals surface area (Å²) in [4.78, 5) is 2.42. The van der Waals surface area contributed by atoms with E-state index in [9.17, 15) is 5.11 Å². The molecule has 2 fully saturated rings. The molecule has 100 valence electrons. The Bertz CT molecular complexity index is 240. The van der Waals surface area contributed by atoms with Crippen LogP contribution in [0.3, 0.4) is 0 Å². The third-order valence-electron chi connectivity index (χ3n) is 4.63. The molecule has 0 aromatic rings. The van der Waals surface area contributed by atoms with Crippen molar-refractivity contribution < 1.29 is 9.84 Å². The van der Waals surface area contributed by atoms with Crippen LogP contribution < -0.4 is 0 Å². The van der Waals surface area contributed by atoms with Gasteiger partial charge in [-0.3, -0.25) is 0 Å². The first kappa shape index (κ1) is 13.3. The molecule has 1 saturated heterocycles. The molecule has 0 bridgehead atoms. The molecule has 0 spiro atoms. The van der Waals surface area contributed by atoms with Crippen molar-refractivity contribution in [1.82, 2.24) is 4.90 Å². The van der Waals surface area contributed by atoms with Crippen molar-refractivity contribution in [2.24, 2.45) is 11.3 Å². The molecule has 2 rings (SSSR count). The summed E-state index contributed by atoms with van der Waals surface area (Å²) in [5.74, 6) is 0.768. The molecule has 1 aliphatic carbocycles. The highest BCUT2D eigenvalue weighted by Crippen LogP contribution is 2.39. The van der Waals surface area contributed by atoms with Crippen LogP contribution in [-0.4, -0.2) is 49.5 Å². The Kier molecular flexibility index (Phi) is 4.45. The van der Waals surface area contributed by atoms with Crippen molar-refractivity contribution in [2.45, 2.75) is 45.1 Å². The minimum Gasteiger partial charge on any atom is -0.396 e. The van der Waals surface area contributed by atoms with Gasteiger partial charge in [-0.2, -0.15) is 0 Å². The molecular formula is C14H27NO2. The first-order chi connectivity index (χ1) is 8.15. The van der Waals surface area contributed by atoms with Crippen LogP contribution in [0.15, 0.2) is 0 Å². The third-order valence-corrected chi connectivity index (χ3v) is 4.63. The van der Waals surface area contributed by atoms with Crippen molar-refractivity contribution in [1.29, 1.82) is 0 Å². The zero-order chi connectivity index (χ0) is 12.3. The number of rotatable bonds is 4. The number of hydrogen-bond acceptors (Lipinski definition) is 3. The number of ether oxygens (including phenoxy) is 1. The summed E-state index contributed by atoms with van der Waals surface area (Å²) in [7, 11) is 2.19.